The molecule has 0 aliphatic carbocycles. The number of rotatable bonds is 6. The largest absolute Gasteiger partial charge is 0.379 e. The molecule has 3 rings (SSSR count). The maximum Gasteiger partial charge on any atom is 0.322 e. The number of carbonyl (C=O) groups excluding carboxylic acids is 1. The highest BCUT2D eigenvalue weighted by Crippen LogP contribution is 2.21. The second-order valence-electron chi connectivity index (χ2n) is 7.05. The van der Waals surface area contributed by atoms with Crippen molar-refractivity contribution in [2.75, 3.05) is 44.7 Å². The van der Waals surface area contributed by atoms with Crippen molar-refractivity contribution < 1.29 is 9.53 Å². The van der Waals surface area contributed by atoms with E-state index in [1.807, 2.05) is 16.5 Å². The molecule has 1 aromatic rings. The summed E-state index contributed by atoms with van der Waals surface area (Å²) in [5, 5.41) is 7.48. The molecule has 2 aliphatic rings. The average molecular weight is 349 g/mol. The number of aromatic nitrogens is 2. The van der Waals surface area contributed by atoms with Crippen LogP contribution in [-0.4, -0.2) is 71.0 Å². The molecular formula is C18H31N5O2. The van der Waals surface area contributed by atoms with Gasteiger partial charge in [-0.15, -0.1) is 0 Å². The summed E-state index contributed by atoms with van der Waals surface area (Å²) in [5.74, 6) is 0. The molecule has 140 valence electrons. The fourth-order valence-corrected chi connectivity index (χ4v) is 3.66. The molecule has 1 atom stereocenters. The van der Waals surface area contributed by atoms with Gasteiger partial charge in [-0.3, -0.25) is 9.58 Å². The van der Waals surface area contributed by atoms with Crippen LogP contribution in [0.4, 0.5) is 10.5 Å². The van der Waals surface area contributed by atoms with E-state index in [4.69, 9.17) is 4.74 Å². The number of aryl methyl sites for hydroxylation is 1. The van der Waals surface area contributed by atoms with Crippen molar-refractivity contribution in [2.24, 2.45) is 0 Å². The second-order valence-corrected chi connectivity index (χ2v) is 7.05. The van der Waals surface area contributed by atoms with Crippen LogP contribution >= 0.6 is 0 Å². The van der Waals surface area contributed by atoms with Crippen LogP contribution in [0.1, 0.15) is 38.3 Å². The Hall–Kier alpha value is -1.60. The van der Waals surface area contributed by atoms with Crippen LogP contribution in [0.15, 0.2) is 6.20 Å². The normalized spacial score (nSPS) is 21.7. The molecule has 1 aromatic heterocycles. The molecule has 0 bridgehead atoms. The number of hydrogen-bond acceptors (Lipinski definition) is 4. The van der Waals surface area contributed by atoms with Gasteiger partial charge in [0.15, 0.2) is 0 Å². The highest BCUT2D eigenvalue weighted by Gasteiger charge is 2.31. The molecule has 0 aromatic carbocycles. The standard InChI is InChI=1S/C18H31N5O2/c1-3-4-8-23-15(2)17(13-19-23)20-18(24)22-7-5-6-16(22)14-21-9-11-25-12-10-21/h13,16H,3-12,14H2,1-2H3,(H,20,24)/t16-/m0/s1. The molecule has 2 saturated heterocycles. The number of ether oxygens (including phenoxy) is 1. The molecule has 7 nitrogen and oxygen atoms in total. The lowest BCUT2D eigenvalue weighted by molar-refractivity contribution is 0.0296. The number of morpholine rings is 1. The Morgan fingerprint density at radius 3 is 2.92 bits per heavy atom. The van der Waals surface area contributed by atoms with Crippen molar-refractivity contribution in [3.05, 3.63) is 11.9 Å². The zero-order chi connectivity index (χ0) is 17.6. The first-order valence-electron chi connectivity index (χ1n) is 9.59. The molecule has 2 aliphatic heterocycles. The summed E-state index contributed by atoms with van der Waals surface area (Å²) in [6.07, 6.45) is 6.17. The number of hydrogen-bond donors (Lipinski definition) is 1. The van der Waals surface area contributed by atoms with Crippen LogP contribution in [0.2, 0.25) is 0 Å². The second kappa shape index (κ2) is 8.67. The predicted molar refractivity (Wildman–Crippen MR) is 97.9 cm³/mol. The van der Waals surface area contributed by atoms with Gasteiger partial charge < -0.3 is 15.0 Å². The van der Waals surface area contributed by atoms with Crippen molar-refractivity contribution in [3.63, 3.8) is 0 Å². The lowest BCUT2D eigenvalue weighted by atomic mass is 10.2. The Morgan fingerprint density at radius 2 is 2.16 bits per heavy atom. The first kappa shape index (κ1) is 18.2. The van der Waals surface area contributed by atoms with Crippen molar-refractivity contribution in [3.8, 4) is 0 Å². The lowest BCUT2D eigenvalue weighted by Crippen LogP contribution is -2.47. The molecule has 0 radical (unpaired) electrons. The number of anilines is 1. The zero-order valence-electron chi connectivity index (χ0n) is 15.5. The number of unbranched alkanes of at least 4 members (excludes halogenated alkanes) is 1. The molecule has 25 heavy (non-hydrogen) atoms. The van der Waals surface area contributed by atoms with Crippen molar-refractivity contribution >= 4 is 11.7 Å². The van der Waals surface area contributed by atoms with E-state index >= 15 is 0 Å². The molecule has 0 spiro atoms. The van der Waals surface area contributed by atoms with Gasteiger partial charge in [-0.05, 0) is 26.2 Å². The van der Waals surface area contributed by atoms with Gasteiger partial charge in [-0.2, -0.15) is 5.10 Å². The van der Waals surface area contributed by atoms with E-state index in [0.29, 0.717) is 6.04 Å². The summed E-state index contributed by atoms with van der Waals surface area (Å²) < 4.78 is 7.40. The first-order chi connectivity index (χ1) is 12.2. The number of amides is 2. The molecule has 2 amide bonds. The van der Waals surface area contributed by atoms with E-state index in [1.165, 1.54) is 0 Å². The monoisotopic (exact) mass is 349 g/mol. The maximum absolute atomic E-state index is 12.8. The first-order valence-corrected chi connectivity index (χ1v) is 9.59. The minimum absolute atomic E-state index is 0.00824. The summed E-state index contributed by atoms with van der Waals surface area (Å²) in [7, 11) is 0. The summed E-state index contributed by atoms with van der Waals surface area (Å²) in [4.78, 5) is 17.2. The summed E-state index contributed by atoms with van der Waals surface area (Å²) >= 11 is 0. The van der Waals surface area contributed by atoms with Crippen LogP contribution in [0.3, 0.4) is 0 Å². The molecule has 1 N–H and O–H groups in total. The number of urea groups is 1. The minimum Gasteiger partial charge on any atom is -0.379 e. The number of likely N-dealkylation sites (tertiary alicyclic amines) is 1. The van der Waals surface area contributed by atoms with Crippen molar-refractivity contribution in [1.29, 1.82) is 0 Å². The SMILES string of the molecule is CCCCn1ncc(NC(=O)N2CCC[C@H]2CN2CCOCC2)c1C. The van der Waals surface area contributed by atoms with Gasteiger partial charge in [-0.25, -0.2) is 4.79 Å². The van der Waals surface area contributed by atoms with E-state index in [2.05, 4.69) is 22.2 Å². The van der Waals surface area contributed by atoms with E-state index < -0.39 is 0 Å². The van der Waals surface area contributed by atoms with E-state index in [0.717, 1.165) is 83.0 Å². The Bertz CT molecular complexity index is 568. The predicted octanol–water partition coefficient (Wildman–Crippen LogP) is 2.32. The van der Waals surface area contributed by atoms with Crippen molar-refractivity contribution in [2.45, 2.75) is 52.1 Å². The van der Waals surface area contributed by atoms with Crippen LogP contribution in [-0.2, 0) is 11.3 Å². The Labute approximate surface area is 150 Å². The molecule has 7 heteroatoms. The molecule has 0 saturated carbocycles. The summed E-state index contributed by atoms with van der Waals surface area (Å²) in [5.41, 5.74) is 1.86. The van der Waals surface area contributed by atoms with Crippen molar-refractivity contribution in [1.82, 2.24) is 19.6 Å². The van der Waals surface area contributed by atoms with Crippen LogP contribution in [0, 0.1) is 6.92 Å². The molecule has 3 heterocycles. The molecular weight excluding hydrogens is 318 g/mol. The highest BCUT2D eigenvalue weighted by molar-refractivity contribution is 5.90. The minimum atomic E-state index is 0.00824. The van der Waals surface area contributed by atoms with Crippen LogP contribution < -0.4 is 5.32 Å². The van der Waals surface area contributed by atoms with Gasteiger partial charge in [0.25, 0.3) is 0 Å². The van der Waals surface area contributed by atoms with Gasteiger partial charge in [0.2, 0.25) is 0 Å². The third-order valence-corrected chi connectivity index (χ3v) is 5.28. The zero-order valence-corrected chi connectivity index (χ0v) is 15.5. The smallest absolute Gasteiger partial charge is 0.322 e. The fourth-order valence-electron chi connectivity index (χ4n) is 3.66. The number of nitrogens with zero attached hydrogens (tertiary/aromatic N) is 4. The van der Waals surface area contributed by atoms with E-state index in [1.54, 1.807) is 6.20 Å². The Kier molecular flexibility index (Phi) is 6.31. The quantitative estimate of drug-likeness (QED) is 0.856. The molecule has 0 unspecified atom stereocenters. The topological polar surface area (TPSA) is 62.6 Å². The fraction of sp³-hybridized carbons (Fsp3) is 0.778. The third-order valence-electron chi connectivity index (χ3n) is 5.28. The number of carbonyl (C=O) groups is 1. The van der Waals surface area contributed by atoms with Gasteiger partial charge in [0.1, 0.15) is 0 Å². The lowest BCUT2D eigenvalue weighted by Gasteiger charge is -2.32. The van der Waals surface area contributed by atoms with Gasteiger partial charge in [0, 0.05) is 38.8 Å². The van der Waals surface area contributed by atoms with Gasteiger partial charge >= 0.3 is 6.03 Å². The van der Waals surface area contributed by atoms with Crippen LogP contribution in [0.5, 0.6) is 0 Å². The third kappa shape index (κ3) is 4.52. The number of nitrogens with one attached hydrogen (secondary N) is 1. The van der Waals surface area contributed by atoms with Gasteiger partial charge in [0.05, 0.1) is 30.8 Å². The summed E-state index contributed by atoms with van der Waals surface area (Å²) in [6.45, 7) is 10.4. The summed E-state index contributed by atoms with van der Waals surface area (Å²) in [6, 6.07) is 0.308. The average Bonchev–Trinajstić information content (AvgIpc) is 3.22. The highest BCUT2D eigenvalue weighted by atomic mass is 16.5. The maximum atomic E-state index is 12.8. The van der Waals surface area contributed by atoms with E-state index in [9.17, 15) is 4.79 Å². The van der Waals surface area contributed by atoms with Crippen LogP contribution in [0.25, 0.3) is 0 Å². The van der Waals surface area contributed by atoms with Gasteiger partial charge in [-0.1, -0.05) is 13.3 Å². The Morgan fingerprint density at radius 1 is 1.36 bits per heavy atom. The van der Waals surface area contributed by atoms with E-state index in [-0.39, 0.29) is 6.03 Å². The molecule has 2 fully saturated rings. The Balaban J connectivity index is 1.57.